The Balaban J connectivity index is 1.86. The summed E-state index contributed by atoms with van der Waals surface area (Å²) in [5, 5.41) is 17.7. The van der Waals surface area contributed by atoms with Gasteiger partial charge in [-0.1, -0.05) is 0 Å². The summed E-state index contributed by atoms with van der Waals surface area (Å²) >= 11 is 0. The molecule has 1 aliphatic rings. The van der Waals surface area contributed by atoms with Gasteiger partial charge in [0.05, 0.1) is 11.5 Å². The van der Waals surface area contributed by atoms with E-state index in [2.05, 4.69) is 15.3 Å². The first kappa shape index (κ1) is 22.2. The predicted molar refractivity (Wildman–Crippen MR) is 98.6 cm³/mol. The zero-order chi connectivity index (χ0) is 21.9. The smallest absolute Gasteiger partial charge is 0.423 e. The maximum absolute atomic E-state index is 13.4. The van der Waals surface area contributed by atoms with Crippen LogP contribution in [0.3, 0.4) is 0 Å². The molecule has 2 aromatic rings. The number of benzene rings is 1. The van der Waals surface area contributed by atoms with E-state index in [0.717, 1.165) is 0 Å². The minimum Gasteiger partial charge on any atom is -0.471 e. The number of primary sulfonamides is 1. The number of alkyl halides is 3. The number of nitrogens with zero attached hydrogens (tertiary/aromatic N) is 2. The third-order valence-electron chi connectivity index (χ3n) is 4.26. The number of sulfonamides is 1. The molecule has 0 saturated carbocycles. The van der Waals surface area contributed by atoms with Gasteiger partial charge >= 0.3 is 6.18 Å². The summed E-state index contributed by atoms with van der Waals surface area (Å²) < 4.78 is 73.2. The Labute approximate surface area is 170 Å². The zero-order valence-electron chi connectivity index (χ0n) is 15.5. The second kappa shape index (κ2) is 8.71. The number of nitrogens with two attached hydrogens (primary N) is 1. The third-order valence-corrected chi connectivity index (χ3v) is 5.19. The molecule has 13 heteroatoms. The number of ether oxygens (including phenoxy) is 2. The van der Waals surface area contributed by atoms with Crippen LogP contribution in [-0.2, 0) is 20.9 Å². The maximum Gasteiger partial charge on any atom is 0.423 e. The number of aliphatic hydroxyl groups is 1. The van der Waals surface area contributed by atoms with Crippen molar-refractivity contribution in [2.24, 2.45) is 5.14 Å². The number of halogens is 3. The minimum absolute atomic E-state index is 0.0569. The standard InChI is InChI=1S/C17H19F3N4O5S/c18-17(19,20)12-8-22-16(23-10-3-5-11(6-4-10)30(21,26)27)24-15(12)29-14-2-1-7-28-9-13(14)25/h3-6,8,13-14,25H,1-2,7,9H2,(H2,21,26,27)(H,22,23,24)/t13-,14+/m0/s1. The van der Waals surface area contributed by atoms with Crippen molar-refractivity contribution in [1.29, 1.82) is 0 Å². The van der Waals surface area contributed by atoms with Crippen LogP contribution in [0.2, 0.25) is 0 Å². The van der Waals surface area contributed by atoms with Gasteiger partial charge in [0.2, 0.25) is 21.9 Å². The SMILES string of the molecule is NS(=O)(=O)c1ccc(Nc2ncc(C(F)(F)F)c(O[C@@H]3CCCOC[C@@H]3O)n2)cc1. The van der Waals surface area contributed by atoms with E-state index in [1.54, 1.807) is 0 Å². The molecular weight excluding hydrogens is 429 g/mol. The van der Waals surface area contributed by atoms with Crippen LogP contribution < -0.4 is 15.2 Å². The van der Waals surface area contributed by atoms with E-state index in [1.807, 2.05) is 0 Å². The molecule has 1 saturated heterocycles. The summed E-state index contributed by atoms with van der Waals surface area (Å²) in [7, 11) is -3.88. The highest BCUT2D eigenvalue weighted by Crippen LogP contribution is 2.36. The van der Waals surface area contributed by atoms with Gasteiger partial charge in [0.15, 0.2) is 0 Å². The van der Waals surface area contributed by atoms with Crippen molar-refractivity contribution in [1.82, 2.24) is 9.97 Å². The molecule has 0 radical (unpaired) electrons. The van der Waals surface area contributed by atoms with E-state index in [1.165, 1.54) is 24.3 Å². The lowest BCUT2D eigenvalue weighted by atomic mass is 10.1. The van der Waals surface area contributed by atoms with Gasteiger partial charge < -0.3 is 19.9 Å². The van der Waals surface area contributed by atoms with Crippen LogP contribution in [0.1, 0.15) is 18.4 Å². The van der Waals surface area contributed by atoms with Gasteiger partial charge in [-0.2, -0.15) is 18.2 Å². The Kier molecular flexibility index (Phi) is 6.45. The van der Waals surface area contributed by atoms with E-state index in [9.17, 15) is 26.7 Å². The van der Waals surface area contributed by atoms with E-state index in [-0.39, 0.29) is 17.5 Å². The van der Waals surface area contributed by atoms with Crippen LogP contribution in [0.25, 0.3) is 0 Å². The van der Waals surface area contributed by atoms with E-state index >= 15 is 0 Å². The zero-order valence-corrected chi connectivity index (χ0v) is 16.3. The molecule has 1 aromatic heterocycles. The lowest BCUT2D eigenvalue weighted by Crippen LogP contribution is -2.34. The predicted octanol–water partition coefficient (Wildman–Crippen LogP) is 1.81. The summed E-state index contributed by atoms with van der Waals surface area (Å²) in [5.41, 5.74) is -0.869. The van der Waals surface area contributed by atoms with Crippen LogP contribution in [0, 0.1) is 0 Å². The van der Waals surface area contributed by atoms with E-state index < -0.39 is 39.9 Å². The second-order valence-electron chi connectivity index (χ2n) is 6.55. The Bertz CT molecular complexity index is 986. The molecule has 164 valence electrons. The molecule has 0 spiro atoms. The molecule has 2 heterocycles. The van der Waals surface area contributed by atoms with Gasteiger partial charge in [-0.05, 0) is 37.1 Å². The van der Waals surface area contributed by atoms with Crippen molar-refractivity contribution in [3.05, 3.63) is 36.0 Å². The first-order valence-corrected chi connectivity index (χ1v) is 10.4. The fraction of sp³-hybridized carbons (Fsp3) is 0.412. The average molecular weight is 448 g/mol. The fourth-order valence-electron chi connectivity index (χ4n) is 2.74. The lowest BCUT2D eigenvalue weighted by Gasteiger charge is -2.23. The molecule has 0 unspecified atom stereocenters. The van der Waals surface area contributed by atoms with Crippen LogP contribution >= 0.6 is 0 Å². The van der Waals surface area contributed by atoms with Crippen LogP contribution in [0.5, 0.6) is 5.88 Å². The molecule has 2 atom stereocenters. The molecule has 1 fully saturated rings. The van der Waals surface area contributed by atoms with Crippen molar-refractivity contribution >= 4 is 21.7 Å². The highest BCUT2D eigenvalue weighted by molar-refractivity contribution is 7.89. The molecule has 9 nitrogen and oxygen atoms in total. The lowest BCUT2D eigenvalue weighted by molar-refractivity contribution is -0.140. The van der Waals surface area contributed by atoms with Crippen molar-refractivity contribution in [3.63, 3.8) is 0 Å². The molecule has 4 N–H and O–H groups in total. The summed E-state index contributed by atoms with van der Waals surface area (Å²) in [6, 6.07) is 5.16. The summed E-state index contributed by atoms with van der Waals surface area (Å²) in [6.07, 6.45) is -5.42. The number of hydrogen-bond donors (Lipinski definition) is 3. The largest absolute Gasteiger partial charge is 0.471 e. The molecule has 0 amide bonds. The summed E-state index contributed by atoms with van der Waals surface area (Å²) in [5.74, 6) is -0.937. The number of rotatable bonds is 5. The molecule has 0 aliphatic carbocycles. The second-order valence-corrected chi connectivity index (χ2v) is 8.11. The topological polar surface area (TPSA) is 137 Å². The molecule has 1 aromatic carbocycles. The highest BCUT2D eigenvalue weighted by atomic mass is 32.2. The molecule has 30 heavy (non-hydrogen) atoms. The Morgan fingerprint density at radius 2 is 1.97 bits per heavy atom. The number of nitrogens with one attached hydrogen (secondary N) is 1. The van der Waals surface area contributed by atoms with Crippen LogP contribution in [-0.4, -0.2) is 48.9 Å². The molecule has 0 bridgehead atoms. The van der Waals surface area contributed by atoms with Crippen LogP contribution in [0.4, 0.5) is 24.8 Å². The Hall–Kier alpha value is -2.48. The quantitative estimate of drug-likeness (QED) is 0.630. The van der Waals surface area contributed by atoms with Crippen LogP contribution in [0.15, 0.2) is 35.4 Å². The number of aliphatic hydroxyl groups excluding tert-OH is 1. The third kappa shape index (κ3) is 5.56. The fourth-order valence-corrected chi connectivity index (χ4v) is 3.25. The normalized spacial score (nSPS) is 20.4. The number of aromatic nitrogens is 2. The Morgan fingerprint density at radius 3 is 2.60 bits per heavy atom. The Morgan fingerprint density at radius 1 is 1.27 bits per heavy atom. The van der Waals surface area contributed by atoms with Gasteiger partial charge in [-0.3, -0.25) is 0 Å². The number of anilines is 2. The van der Waals surface area contributed by atoms with E-state index in [4.69, 9.17) is 14.6 Å². The van der Waals surface area contributed by atoms with Crippen molar-refractivity contribution < 1.29 is 36.2 Å². The van der Waals surface area contributed by atoms with Gasteiger partial charge in [-0.15, -0.1) is 0 Å². The molecule has 1 aliphatic heterocycles. The van der Waals surface area contributed by atoms with Gasteiger partial charge in [-0.25, -0.2) is 18.5 Å². The van der Waals surface area contributed by atoms with Crippen molar-refractivity contribution in [2.45, 2.75) is 36.1 Å². The monoisotopic (exact) mass is 448 g/mol. The maximum atomic E-state index is 13.4. The van der Waals surface area contributed by atoms with Gasteiger partial charge in [0.25, 0.3) is 0 Å². The van der Waals surface area contributed by atoms with Crippen molar-refractivity contribution in [2.75, 3.05) is 18.5 Å². The first-order chi connectivity index (χ1) is 14.0. The summed E-state index contributed by atoms with van der Waals surface area (Å²) in [4.78, 5) is 7.33. The minimum atomic E-state index is -4.77. The first-order valence-electron chi connectivity index (χ1n) is 8.80. The van der Waals surface area contributed by atoms with Gasteiger partial charge in [0.1, 0.15) is 17.8 Å². The molecule has 3 rings (SSSR count). The van der Waals surface area contributed by atoms with Gasteiger partial charge in [0, 0.05) is 18.5 Å². The highest BCUT2D eigenvalue weighted by Gasteiger charge is 2.38. The van der Waals surface area contributed by atoms with Crippen molar-refractivity contribution in [3.8, 4) is 5.88 Å². The molecular formula is C17H19F3N4O5S. The van der Waals surface area contributed by atoms with E-state index in [0.29, 0.717) is 31.3 Å². The average Bonchev–Trinajstić information content (AvgIpc) is 2.85. The summed E-state index contributed by atoms with van der Waals surface area (Å²) in [6.45, 7) is 0.312. The number of hydrogen-bond acceptors (Lipinski definition) is 8.